The zero-order chi connectivity index (χ0) is 25.9. The first-order valence-corrected chi connectivity index (χ1v) is 13.1. The predicted molar refractivity (Wildman–Crippen MR) is 141 cm³/mol. The van der Waals surface area contributed by atoms with Gasteiger partial charge in [0.1, 0.15) is 5.82 Å². The molecule has 0 aliphatic heterocycles. The molecule has 0 radical (unpaired) electrons. The maximum absolute atomic E-state index is 12.8. The number of nitrogens with zero attached hydrogens (tertiary/aromatic N) is 3. The molecule has 3 aromatic rings. The van der Waals surface area contributed by atoms with Gasteiger partial charge in [0.2, 0.25) is 5.91 Å². The lowest BCUT2D eigenvalue weighted by Crippen LogP contribution is -2.31. The summed E-state index contributed by atoms with van der Waals surface area (Å²) in [5.41, 5.74) is 2.09. The van der Waals surface area contributed by atoms with E-state index in [-0.39, 0.29) is 12.3 Å². The number of imidazole rings is 1. The van der Waals surface area contributed by atoms with Gasteiger partial charge in [0, 0.05) is 39.1 Å². The molecule has 0 aliphatic rings. The van der Waals surface area contributed by atoms with Gasteiger partial charge in [-0.3, -0.25) is 19.1 Å². The Labute approximate surface area is 211 Å². The number of unbranched alkanes of at least 4 members (excludes halogenated alkanes) is 3. The van der Waals surface area contributed by atoms with Gasteiger partial charge in [-0.1, -0.05) is 57.4 Å². The normalized spacial score (nSPS) is 11.3. The zero-order valence-corrected chi connectivity index (χ0v) is 21.8. The topological polar surface area (TPSA) is 111 Å². The number of amides is 1. The van der Waals surface area contributed by atoms with Crippen LogP contribution in [0.25, 0.3) is 11.2 Å². The molecule has 1 amide bonds. The van der Waals surface area contributed by atoms with E-state index in [0.29, 0.717) is 56.3 Å². The highest BCUT2D eigenvalue weighted by atomic mass is 16.5. The molecular weight excluding hydrogens is 458 g/mol. The molecule has 2 heterocycles. The van der Waals surface area contributed by atoms with Crippen LogP contribution in [0.4, 0.5) is 0 Å². The molecule has 3 rings (SSSR count). The number of aryl methyl sites for hydroxylation is 3. The van der Waals surface area contributed by atoms with Crippen molar-refractivity contribution in [2.24, 2.45) is 0 Å². The summed E-state index contributed by atoms with van der Waals surface area (Å²) in [5, 5.41) is 2.97. The Bertz CT molecular complexity index is 1240. The highest BCUT2D eigenvalue weighted by Crippen LogP contribution is 2.16. The number of aromatic amines is 1. The Hall–Kier alpha value is -3.20. The van der Waals surface area contributed by atoms with Crippen LogP contribution in [0.15, 0.2) is 33.9 Å². The van der Waals surface area contributed by atoms with Crippen LogP contribution >= 0.6 is 0 Å². The number of ether oxygens (including phenoxy) is 1. The van der Waals surface area contributed by atoms with E-state index in [0.717, 1.165) is 43.2 Å². The van der Waals surface area contributed by atoms with Crippen molar-refractivity contribution in [3.05, 3.63) is 62.1 Å². The van der Waals surface area contributed by atoms with Crippen LogP contribution in [-0.2, 0) is 42.2 Å². The van der Waals surface area contributed by atoms with Crippen LogP contribution in [0.3, 0.4) is 0 Å². The van der Waals surface area contributed by atoms with Crippen molar-refractivity contribution in [2.75, 3.05) is 6.61 Å². The van der Waals surface area contributed by atoms with E-state index in [1.54, 1.807) is 4.57 Å². The number of carbonyl (C=O) groups is 1. The Morgan fingerprint density at radius 2 is 1.67 bits per heavy atom. The smallest absolute Gasteiger partial charge is 0.330 e. The third kappa shape index (κ3) is 7.16. The van der Waals surface area contributed by atoms with Gasteiger partial charge in [0.25, 0.3) is 5.56 Å². The summed E-state index contributed by atoms with van der Waals surface area (Å²) < 4.78 is 8.87. The van der Waals surface area contributed by atoms with Crippen LogP contribution in [0.5, 0.6) is 0 Å². The molecule has 2 aromatic heterocycles. The number of nitrogens with one attached hydrogen (secondary N) is 2. The highest BCUT2D eigenvalue weighted by Gasteiger charge is 2.19. The number of H-pyrrole nitrogens is 1. The molecule has 2 N–H and O–H groups in total. The lowest BCUT2D eigenvalue weighted by molar-refractivity contribution is -0.121. The van der Waals surface area contributed by atoms with E-state index < -0.39 is 11.2 Å². The molecule has 0 saturated carbocycles. The van der Waals surface area contributed by atoms with Gasteiger partial charge in [0.15, 0.2) is 11.2 Å². The maximum Gasteiger partial charge on any atom is 0.330 e. The summed E-state index contributed by atoms with van der Waals surface area (Å²) >= 11 is 0. The third-order valence-electron chi connectivity index (χ3n) is 6.25. The molecule has 0 spiro atoms. The average molecular weight is 498 g/mol. The SMILES string of the molecule is CCCCCn1c(CCC(=O)NCc2ccc(COCC)cc2)nc2c1c(=O)[nH]c(=O)n2CCCC. The van der Waals surface area contributed by atoms with Crippen LogP contribution in [0.1, 0.15) is 76.2 Å². The van der Waals surface area contributed by atoms with Gasteiger partial charge in [0.05, 0.1) is 6.61 Å². The minimum atomic E-state index is -0.435. The summed E-state index contributed by atoms with van der Waals surface area (Å²) in [6.45, 7) is 8.97. The monoisotopic (exact) mass is 497 g/mol. The van der Waals surface area contributed by atoms with Crippen LogP contribution in [-0.4, -0.2) is 31.6 Å². The second kappa shape index (κ2) is 13.8. The maximum atomic E-state index is 12.8. The number of carbonyl (C=O) groups excluding carboxylic acids is 1. The summed E-state index contributed by atoms with van der Waals surface area (Å²) in [4.78, 5) is 45.0. The average Bonchev–Trinajstić information content (AvgIpc) is 3.24. The minimum absolute atomic E-state index is 0.0853. The van der Waals surface area contributed by atoms with E-state index >= 15 is 0 Å². The van der Waals surface area contributed by atoms with E-state index in [1.807, 2.05) is 35.8 Å². The Morgan fingerprint density at radius 3 is 2.36 bits per heavy atom. The van der Waals surface area contributed by atoms with Gasteiger partial charge in [-0.15, -0.1) is 0 Å². The standard InChI is InChI=1S/C27H39N5O4/c1-4-7-9-17-31-22(29-25-24(31)26(34)30-27(35)32(25)16-8-5-2)14-15-23(33)28-18-20-10-12-21(13-11-20)19-36-6-3/h10-13H,4-9,14-19H2,1-3H3,(H,28,33)(H,30,34,35). The van der Waals surface area contributed by atoms with Crippen molar-refractivity contribution < 1.29 is 9.53 Å². The largest absolute Gasteiger partial charge is 0.377 e. The van der Waals surface area contributed by atoms with Gasteiger partial charge >= 0.3 is 5.69 Å². The second-order valence-corrected chi connectivity index (χ2v) is 9.05. The van der Waals surface area contributed by atoms with Gasteiger partial charge in [-0.2, -0.15) is 0 Å². The van der Waals surface area contributed by atoms with Crippen LogP contribution < -0.4 is 16.6 Å². The van der Waals surface area contributed by atoms with E-state index in [1.165, 1.54) is 0 Å². The fourth-order valence-corrected chi connectivity index (χ4v) is 4.18. The molecule has 0 aliphatic carbocycles. The quantitative estimate of drug-likeness (QED) is 0.311. The first-order valence-electron chi connectivity index (χ1n) is 13.1. The molecule has 0 bridgehead atoms. The minimum Gasteiger partial charge on any atom is -0.377 e. The van der Waals surface area contributed by atoms with Crippen molar-refractivity contribution in [3.8, 4) is 0 Å². The molecule has 9 heteroatoms. The number of fused-ring (bicyclic) bond motifs is 1. The molecule has 0 saturated heterocycles. The van der Waals surface area contributed by atoms with E-state index in [4.69, 9.17) is 9.72 Å². The molecule has 196 valence electrons. The molecule has 1 aromatic carbocycles. The number of benzene rings is 1. The first kappa shape index (κ1) is 27.4. The van der Waals surface area contributed by atoms with Gasteiger partial charge < -0.3 is 14.6 Å². The Kier molecular flexibility index (Phi) is 10.5. The summed E-state index contributed by atoms with van der Waals surface area (Å²) in [7, 11) is 0. The molecular formula is C27H39N5O4. The van der Waals surface area contributed by atoms with Gasteiger partial charge in [-0.05, 0) is 30.9 Å². The lowest BCUT2D eigenvalue weighted by atomic mass is 10.1. The Morgan fingerprint density at radius 1 is 0.972 bits per heavy atom. The summed E-state index contributed by atoms with van der Waals surface area (Å²) in [6, 6.07) is 7.99. The van der Waals surface area contributed by atoms with E-state index in [9.17, 15) is 14.4 Å². The van der Waals surface area contributed by atoms with Crippen molar-refractivity contribution in [1.29, 1.82) is 0 Å². The second-order valence-electron chi connectivity index (χ2n) is 9.05. The van der Waals surface area contributed by atoms with E-state index in [2.05, 4.69) is 24.1 Å². The number of hydrogen-bond donors (Lipinski definition) is 2. The summed E-state index contributed by atoms with van der Waals surface area (Å²) in [5.74, 6) is 0.579. The predicted octanol–water partition coefficient (Wildman–Crippen LogP) is 3.66. The van der Waals surface area contributed by atoms with Crippen molar-refractivity contribution in [2.45, 2.75) is 92.0 Å². The van der Waals surface area contributed by atoms with Crippen LogP contribution in [0, 0.1) is 0 Å². The molecule has 0 atom stereocenters. The fraction of sp³-hybridized carbons (Fsp3) is 0.556. The summed E-state index contributed by atoms with van der Waals surface area (Å²) in [6.07, 6.45) is 5.34. The highest BCUT2D eigenvalue weighted by molar-refractivity contribution is 5.76. The first-order chi connectivity index (χ1) is 17.5. The van der Waals surface area contributed by atoms with Crippen LogP contribution in [0.2, 0.25) is 0 Å². The lowest BCUT2D eigenvalue weighted by Gasteiger charge is -2.10. The van der Waals surface area contributed by atoms with Gasteiger partial charge in [-0.25, -0.2) is 9.78 Å². The molecule has 9 nitrogen and oxygen atoms in total. The zero-order valence-electron chi connectivity index (χ0n) is 21.8. The molecule has 36 heavy (non-hydrogen) atoms. The molecule has 0 unspecified atom stereocenters. The van der Waals surface area contributed by atoms with Crippen molar-refractivity contribution >= 4 is 17.1 Å². The third-order valence-corrected chi connectivity index (χ3v) is 6.25. The number of hydrogen-bond acceptors (Lipinski definition) is 5. The number of rotatable bonds is 15. The van der Waals surface area contributed by atoms with Crippen molar-refractivity contribution in [1.82, 2.24) is 24.4 Å². The van der Waals surface area contributed by atoms with Crippen molar-refractivity contribution in [3.63, 3.8) is 0 Å². The fourth-order valence-electron chi connectivity index (χ4n) is 4.18. The number of aromatic nitrogens is 4. The Balaban J connectivity index is 1.73. The molecule has 0 fully saturated rings.